The van der Waals surface area contributed by atoms with Gasteiger partial charge in [-0.05, 0) is 12.0 Å². The quantitative estimate of drug-likeness (QED) is 0.836. The van der Waals surface area contributed by atoms with E-state index in [1.54, 1.807) is 0 Å². The van der Waals surface area contributed by atoms with Gasteiger partial charge >= 0.3 is 0 Å². The summed E-state index contributed by atoms with van der Waals surface area (Å²) in [6.45, 7) is 4.87. The molecule has 2 aliphatic rings. The third kappa shape index (κ3) is 3.22. The van der Waals surface area contributed by atoms with Gasteiger partial charge in [0.1, 0.15) is 5.69 Å². The van der Waals surface area contributed by atoms with Crippen LogP contribution in [0.1, 0.15) is 29.3 Å². The molecule has 0 radical (unpaired) electrons. The number of ether oxygens (including phenoxy) is 2. The fourth-order valence-corrected chi connectivity index (χ4v) is 3.76. The van der Waals surface area contributed by atoms with Crippen molar-refractivity contribution in [1.29, 1.82) is 0 Å². The molecule has 1 aromatic carbocycles. The summed E-state index contributed by atoms with van der Waals surface area (Å²) in [4.78, 5) is 2.49. The van der Waals surface area contributed by atoms with Crippen LogP contribution in [0.2, 0.25) is 0 Å². The van der Waals surface area contributed by atoms with Gasteiger partial charge in [0.15, 0.2) is 0 Å². The van der Waals surface area contributed by atoms with E-state index >= 15 is 0 Å². The highest BCUT2D eigenvalue weighted by atomic mass is 16.5. The molecule has 3 heterocycles. The van der Waals surface area contributed by atoms with E-state index < -0.39 is 0 Å². The van der Waals surface area contributed by atoms with Gasteiger partial charge in [-0.1, -0.05) is 35.5 Å². The summed E-state index contributed by atoms with van der Waals surface area (Å²) < 4.78 is 13.5. The zero-order chi connectivity index (χ0) is 16.4. The van der Waals surface area contributed by atoms with Crippen LogP contribution in [-0.4, -0.2) is 52.3 Å². The van der Waals surface area contributed by atoms with Crippen LogP contribution in [0.3, 0.4) is 0 Å². The van der Waals surface area contributed by atoms with Crippen LogP contribution in [0.5, 0.6) is 0 Å². The largest absolute Gasteiger partial charge is 0.380 e. The lowest BCUT2D eigenvalue weighted by atomic mass is 9.97. The third-order valence-corrected chi connectivity index (χ3v) is 4.99. The lowest BCUT2D eigenvalue weighted by Crippen LogP contribution is -2.43. The Bertz CT molecular complexity index is 667. The molecule has 6 nitrogen and oxygen atoms in total. The summed E-state index contributed by atoms with van der Waals surface area (Å²) in [5.74, 6) is 0.304. The number of rotatable bonds is 5. The third-order valence-electron chi connectivity index (χ3n) is 4.99. The minimum Gasteiger partial charge on any atom is -0.380 e. The molecule has 6 heteroatoms. The molecule has 0 spiro atoms. The minimum absolute atomic E-state index is 0.304. The molecule has 0 saturated carbocycles. The lowest BCUT2D eigenvalue weighted by Gasteiger charge is -2.35. The Labute approximate surface area is 142 Å². The molecule has 1 saturated heterocycles. The Balaban J connectivity index is 1.44. The fraction of sp³-hybridized carbons (Fsp3) is 0.556. The molecule has 0 bridgehead atoms. The van der Waals surface area contributed by atoms with Crippen molar-refractivity contribution in [3.63, 3.8) is 0 Å². The number of aromatic nitrogens is 3. The van der Waals surface area contributed by atoms with Crippen LogP contribution in [0, 0.1) is 0 Å². The second-order valence-electron chi connectivity index (χ2n) is 6.69. The number of fused-ring (bicyclic) bond motifs is 1. The minimum atomic E-state index is 0.304. The highest BCUT2D eigenvalue weighted by Crippen LogP contribution is 2.30. The van der Waals surface area contributed by atoms with Gasteiger partial charge in [0.2, 0.25) is 0 Å². The smallest absolute Gasteiger partial charge is 0.100 e. The Kier molecular flexibility index (Phi) is 4.60. The summed E-state index contributed by atoms with van der Waals surface area (Å²) in [7, 11) is 1.98. The number of aryl methyl sites for hydroxylation is 1. The van der Waals surface area contributed by atoms with E-state index in [2.05, 4.69) is 27.3 Å². The molecule has 128 valence electrons. The summed E-state index contributed by atoms with van der Waals surface area (Å²) in [5, 5.41) is 8.60. The molecular formula is C18H24N4O2. The standard InChI is InChI=1S/C18H24N4O2/c1-21-18-15(12-24-11-14-5-3-2-4-6-14)9-22(10-17(18)19-20-21)16-7-8-23-13-16/h2-6,15-16H,7-13H2,1H3/t15-,16+/m0/s1. The van der Waals surface area contributed by atoms with Crippen LogP contribution in [0.25, 0.3) is 0 Å². The maximum Gasteiger partial charge on any atom is 0.100 e. The monoisotopic (exact) mass is 328 g/mol. The van der Waals surface area contributed by atoms with Crippen molar-refractivity contribution in [2.24, 2.45) is 7.05 Å². The van der Waals surface area contributed by atoms with E-state index in [9.17, 15) is 0 Å². The van der Waals surface area contributed by atoms with Gasteiger partial charge in [0.05, 0.1) is 25.5 Å². The van der Waals surface area contributed by atoms with Crippen LogP contribution in [-0.2, 0) is 29.7 Å². The normalized spacial score (nSPS) is 24.2. The maximum absolute atomic E-state index is 6.02. The molecule has 2 aromatic rings. The first kappa shape index (κ1) is 15.7. The second-order valence-corrected chi connectivity index (χ2v) is 6.69. The van der Waals surface area contributed by atoms with Gasteiger partial charge in [0.25, 0.3) is 0 Å². The number of nitrogens with zero attached hydrogens (tertiary/aromatic N) is 4. The average Bonchev–Trinajstić information content (AvgIpc) is 3.26. The van der Waals surface area contributed by atoms with Crippen molar-refractivity contribution in [2.45, 2.75) is 31.5 Å². The van der Waals surface area contributed by atoms with Crippen LogP contribution < -0.4 is 0 Å². The Morgan fingerprint density at radius 3 is 2.96 bits per heavy atom. The van der Waals surface area contributed by atoms with Gasteiger partial charge < -0.3 is 9.47 Å². The summed E-state index contributed by atoms with van der Waals surface area (Å²) in [6.07, 6.45) is 1.10. The SMILES string of the molecule is Cn1nnc2c1[C@H](COCc1ccccc1)CN([C@@H]1CCOC1)C2. The van der Waals surface area contributed by atoms with Gasteiger partial charge in [-0.3, -0.25) is 9.58 Å². The molecule has 0 amide bonds. The van der Waals surface area contributed by atoms with Crippen LogP contribution >= 0.6 is 0 Å². The molecule has 2 atom stereocenters. The Morgan fingerprint density at radius 2 is 2.17 bits per heavy atom. The molecule has 0 unspecified atom stereocenters. The second kappa shape index (κ2) is 7.01. The molecule has 2 aliphatic heterocycles. The van der Waals surface area contributed by atoms with E-state index in [1.165, 1.54) is 11.3 Å². The Morgan fingerprint density at radius 1 is 1.29 bits per heavy atom. The van der Waals surface area contributed by atoms with Crippen molar-refractivity contribution in [3.05, 3.63) is 47.3 Å². The first-order valence-corrected chi connectivity index (χ1v) is 8.63. The highest BCUT2D eigenvalue weighted by molar-refractivity contribution is 5.20. The molecule has 4 rings (SSSR count). The summed E-state index contributed by atoms with van der Waals surface area (Å²) >= 11 is 0. The van der Waals surface area contributed by atoms with E-state index in [0.29, 0.717) is 25.2 Å². The van der Waals surface area contributed by atoms with Gasteiger partial charge in [-0.25, -0.2) is 0 Å². The van der Waals surface area contributed by atoms with Crippen LogP contribution in [0.4, 0.5) is 0 Å². The molecule has 0 N–H and O–H groups in total. The van der Waals surface area contributed by atoms with Crippen molar-refractivity contribution in [3.8, 4) is 0 Å². The molecule has 0 aliphatic carbocycles. The van der Waals surface area contributed by atoms with Crippen molar-refractivity contribution in [1.82, 2.24) is 19.9 Å². The average molecular weight is 328 g/mol. The lowest BCUT2D eigenvalue weighted by molar-refractivity contribution is 0.0686. The van der Waals surface area contributed by atoms with Gasteiger partial charge in [-0.15, -0.1) is 5.10 Å². The predicted octanol–water partition coefficient (Wildman–Crippen LogP) is 1.72. The van der Waals surface area contributed by atoms with E-state index in [4.69, 9.17) is 9.47 Å². The molecule has 1 aromatic heterocycles. The predicted molar refractivity (Wildman–Crippen MR) is 89.5 cm³/mol. The molecule has 1 fully saturated rings. The summed E-state index contributed by atoms with van der Waals surface area (Å²) in [5.41, 5.74) is 3.51. The van der Waals surface area contributed by atoms with Crippen LogP contribution in [0.15, 0.2) is 30.3 Å². The zero-order valence-electron chi connectivity index (χ0n) is 14.1. The van der Waals surface area contributed by atoms with E-state index in [0.717, 1.165) is 38.4 Å². The van der Waals surface area contributed by atoms with Crippen molar-refractivity contribution >= 4 is 0 Å². The number of hydrogen-bond acceptors (Lipinski definition) is 5. The van der Waals surface area contributed by atoms with E-state index in [-0.39, 0.29) is 0 Å². The summed E-state index contributed by atoms with van der Waals surface area (Å²) in [6, 6.07) is 10.8. The van der Waals surface area contributed by atoms with Gasteiger partial charge in [0, 0.05) is 38.7 Å². The maximum atomic E-state index is 6.02. The van der Waals surface area contributed by atoms with Gasteiger partial charge in [-0.2, -0.15) is 0 Å². The Hall–Kier alpha value is -1.76. The fourth-order valence-electron chi connectivity index (χ4n) is 3.76. The molecular weight excluding hydrogens is 304 g/mol. The van der Waals surface area contributed by atoms with Crippen molar-refractivity contribution < 1.29 is 9.47 Å². The topological polar surface area (TPSA) is 52.4 Å². The first-order chi connectivity index (χ1) is 11.8. The van der Waals surface area contributed by atoms with E-state index in [1.807, 2.05) is 29.9 Å². The number of hydrogen-bond donors (Lipinski definition) is 0. The molecule has 24 heavy (non-hydrogen) atoms. The zero-order valence-corrected chi connectivity index (χ0v) is 14.1. The van der Waals surface area contributed by atoms with Crippen molar-refractivity contribution in [2.75, 3.05) is 26.4 Å². The highest BCUT2D eigenvalue weighted by Gasteiger charge is 2.34. The first-order valence-electron chi connectivity index (χ1n) is 8.63. The number of benzene rings is 1.